The first-order valence-corrected chi connectivity index (χ1v) is 8.19. The average molecular weight is 382 g/mol. The molecule has 24 heavy (non-hydrogen) atoms. The summed E-state index contributed by atoms with van der Waals surface area (Å²) in [5.41, 5.74) is 6.02. The van der Waals surface area contributed by atoms with Crippen LogP contribution in [0.15, 0.2) is 35.3 Å². The zero-order chi connectivity index (χ0) is 14.9. The predicted molar refractivity (Wildman–Crippen MR) is 109 cm³/mol. The summed E-state index contributed by atoms with van der Waals surface area (Å²) in [6, 6.07) is 5.98. The van der Waals surface area contributed by atoms with Crippen LogP contribution in [0.5, 0.6) is 0 Å². The third kappa shape index (κ3) is 3.51. The van der Waals surface area contributed by atoms with Crippen LogP contribution in [0.1, 0.15) is 42.5 Å². The maximum Gasteiger partial charge on any atom is 0.0716 e. The SMILES string of the molecule is Cl.Cl.Clc1ccc2nc3c(c(C4=CCCCC4)c2c1)CN=CC=C3. The Balaban J connectivity index is 0.00000104. The highest BCUT2D eigenvalue weighted by atomic mass is 35.5. The van der Waals surface area contributed by atoms with E-state index in [2.05, 4.69) is 17.1 Å². The Morgan fingerprint density at radius 1 is 1.08 bits per heavy atom. The first kappa shape index (κ1) is 19.0. The molecule has 0 saturated carbocycles. The van der Waals surface area contributed by atoms with E-state index >= 15 is 0 Å². The topological polar surface area (TPSA) is 25.2 Å². The molecule has 1 aliphatic heterocycles. The van der Waals surface area contributed by atoms with E-state index in [1.807, 2.05) is 30.5 Å². The van der Waals surface area contributed by atoms with Gasteiger partial charge in [0.1, 0.15) is 0 Å². The predicted octanol–water partition coefficient (Wildman–Crippen LogP) is 6.29. The van der Waals surface area contributed by atoms with Crippen molar-refractivity contribution in [2.45, 2.75) is 32.2 Å². The second-order valence-electron chi connectivity index (χ2n) is 5.84. The normalized spacial score (nSPS) is 15.8. The summed E-state index contributed by atoms with van der Waals surface area (Å²) < 4.78 is 0. The third-order valence-corrected chi connectivity index (χ3v) is 4.62. The fraction of sp³-hybridized carbons (Fsp3) is 0.263. The van der Waals surface area contributed by atoms with Gasteiger partial charge in [0, 0.05) is 22.2 Å². The van der Waals surface area contributed by atoms with Gasteiger partial charge in [-0.05, 0) is 67.2 Å². The lowest BCUT2D eigenvalue weighted by molar-refractivity contribution is 0.741. The summed E-state index contributed by atoms with van der Waals surface area (Å²) >= 11 is 6.25. The number of pyridine rings is 1. The van der Waals surface area contributed by atoms with Gasteiger partial charge in [0.25, 0.3) is 0 Å². The van der Waals surface area contributed by atoms with Crippen LogP contribution in [0.4, 0.5) is 0 Å². The molecule has 0 amide bonds. The van der Waals surface area contributed by atoms with Crippen molar-refractivity contribution in [3.8, 4) is 0 Å². The van der Waals surface area contributed by atoms with Gasteiger partial charge < -0.3 is 0 Å². The molecule has 1 aromatic heterocycles. The number of halogens is 3. The average Bonchev–Trinajstić information content (AvgIpc) is 2.78. The Morgan fingerprint density at radius 2 is 1.96 bits per heavy atom. The minimum absolute atomic E-state index is 0. The van der Waals surface area contributed by atoms with E-state index in [-0.39, 0.29) is 24.8 Å². The Hall–Kier alpha value is -1.35. The smallest absolute Gasteiger partial charge is 0.0716 e. The summed E-state index contributed by atoms with van der Waals surface area (Å²) in [6.07, 6.45) is 13.1. The van der Waals surface area contributed by atoms with E-state index in [0.29, 0.717) is 6.54 Å². The standard InChI is InChI=1S/C19H17ClN2.2ClH/c20-14-8-9-18-15(11-14)19(13-5-2-1-3-6-13)16-12-21-10-4-7-17(16)22-18;;/h4-5,7-11H,1-3,6,12H2;2*1H. The fourth-order valence-electron chi connectivity index (χ4n) is 3.36. The lowest BCUT2D eigenvalue weighted by Gasteiger charge is -2.19. The minimum atomic E-state index is 0. The van der Waals surface area contributed by atoms with E-state index < -0.39 is 0 Å². The molecule has 126 valence electrons. The van der Waals surface area contributed by atoms with E-state index in [1.165, 1.54) is 29.5 Å². The maximum atomic E-state index is 6.25. The minimum Gasteiger partial charge on any atom is -0.288 e. The van der Waals surface area contributed by atoms with Gasteiger partial charge in [-0.1, -0.05) is 17.7 Å². The molecule has 0 radical (unpaired) electrons. The van der Waals surface area contributed by atoms with E-state index in [4.69, 9.17) is 16.6 Å². The molecule has 0 unspecified atom stereocenters. The number of nitrogens with zero attached hydrogens (tertiary/aromatic N) is 2. The van der Waals surface area contributed by atoms with Gasteiger partial charge >= 0.3 is 0 Å². The van der Waals surface area contributed by atoms with Gasteiger partial charge in [0.15, 0.2) is 0 Å². The van der Waals surface area contributed by atoms with Crippen molar-refractivity contribution < 1.29 is 0 Å². The highest BCUT2D eigenvalue weighted by Crippen LogP contribution is 2.37. The molecule has 0 N–H and O–H groups in total. The van der Waals surface area contributed by atoms with Crippen LogP contribution in [0, 0.1) is 0 Å². The molecule has 2 heterocycles. The first-order chi connectivity index (χ1) is 10.8. The molecule has 0 atom stereocenters. The lowest BCUT2D eigenvalue weighted by Crippen LogP contribution is -2.03. The summed E-state index contributed by atoms with van der Waals surface area (Å²) in [6.45, 7) is 0.685. The van der Waals surface area contributed by atoms with E-state index in [1.54, 1.807) is 0 Å². The molecule has 0 saturated heterocycles. The Morgan fingerprint density at radius 3 is 2.75 bits per heavy atom. The fourth-order valence-corrected chi connectivity index (χ4v) is 3.53. The number of benzene rings is 1. The highest BCUT2D eigenvalue weighted by molar-refractivity contribution is 6.31. The number of rotatable bonds is 1. The van der Waals surface area contributed by atoms with Crippen molar-refractivity contribution in [1.82, 2.24) is 4.98 Å². The second-order valence-corrected chi connectivity index (χ2v) is 6.27. The van der Waals surface area contributed by atoms with Crippen LogP contribution in [0.25, 0.3) is 22.6 Å². The largest absolute Gasteiger partial charge is 0.288 e. The molecular weight excluding hydrogens is 363 g/mol. The number of aliphatic imine (C=N–C) groups is 1. The van der Waals surface area contributed by atoms with Crippen LogP contribution in [-0.2, 0) is 6.54 Å². The number of hydrogen-bond donors (Lipinski definition) is 0. The number of aromatic nitrogens is 1. The molecule has 0 bridgehead atoms. The maximum absolute atomic E-state index is 6.25. The zero-order valence-electron chi connectivity index (χ0n) is 13.2. The first-order valence-electron chi connectivity index (χ1n) is 7.81. The van der Waals surface area contributed by atoms with E-state index in [9.17, 15) is 0 Å². The summed E-state index contributed by atoms with van der Waals surface area (Å²) in [4.78, 5) is 9.30. The molecule has 0 fully saturated rings. The molecule has 4 rings (SSSR count). The van der Waals surface area contributed by atoms with Gasteiger partial charge in [0.2, 0.25) is 0 Å². The van der Waals surface area contributed by atoms with Crippen LogP contribution in [0.3, 0.4) is 0 Å². The van der Waals surface area contributed by atoms with Crippen molar-refractivity contribution in [3.63, 3.8) is 0 Å². The number of allylic oxidation sites excluding steroid dienone is 3. The van der Waals surface area contributed by atoms with Gasteiger partial charge in [-0.2, -0.15) is 0 Å². The lowest BCUT2D eigenvalue weighted by atomic mass is 9.87. The number of hydrogen-bond acceptors (Lipinski definition) is 2. The molecule has 1 aliphatic carbocycles. The van der Waals surface area contributed by atoms with Gasteiger partial charge in [-0.15, -0.1) is 24.8 Å². The Bertz CT molecular complexity index is 838. The molecule has 2 aliphatic rings. The molecule has 2 aromatic rings. The van der Waals surface area contributed by atoms with Crippen LogP contribution in [-0.4, -0.2) is 11.2 Å². The summed E-state index contributed by atoms with van der Waals surface area (Å²) in [5.74, 6) is 0. The van der Waals surface area contributed by atoms with Gasteiger partial charge in [-0.3, -0.25) is 4.99 Å². The quantitative estimate of drug-likeness (QED) is 0.570. The molecule has 0 spiro atoms. The van der Waals surface area contributed by atoms with Crippen LogP contribution >= 0.6 is 36.4 Å². The van der Waals surface area contributed by atoms with Crippen LogP contribution in [0.2, 0.25) is 5.02 Å². The van der Waals surface area contributed by atoms with Crippen molar-refractivity contribution in [3.05, 3.63) is 52.2 Å². The van der Waals surface area contributed by atoms with Gasteiger partial charge in [0.05, 0.1) is 17.8 Å². The Labute approximate surface area is 159 Å². The number of fused-ring (bicyclic) bond motifs is 2. The highest BCUT2D eigenvalue weighted by Gasteiger charge is 2.18. The molecule has 2 nitrogen and oxygen atoms in total. The third-order valence-electron chi connectivity index (χ3n) is 4.39. The summed E-state index contributed by atoms with van der Waals surface area (Å²) in [5, 5.41) is 1.92. The van der Waals surface area contributed by atoms with Gasteiger partial charge in [-0.25, -0.2) is 4.98 Å². The van der Waals surface area contributed by atoms with Crippen molar-refractivity contribution in [1.29, 1.82) is 0 Å². The van der Waals surface area contributed by atoms with Crippen molar-refractivity contribution >= 4 is 65.2 Å². The summed E-state index contributed by atoms with van der Waals surface area (Å²) in [7, 11) is 0. The van der Waals surface area contributed by atoms with E-state index in [0.717, 1.165) is 34.5 Å². The van der Waals surface area contributed by atoms with Crippen LogP contribution < -0.4 is 0 Å². The molecule has 5 heteroatoms. The van der Waals surface area contributed by atoms with Crippen molar-refractivity contribution in [2.24, 2.45) is 4.99 Å². The second kappa shape index (κ2) is 8.15. The zero-order valence-corrected chi connectivity index (χ0v) is 15.6. The monoisotopic (exact) mass is 380 g/mol. The molecule has 1 aromatic carbocycles. The van der Waals surface area contributed by atoms with Crippen molar-refractivity contribution in [2.75, 3.05) is 0 Å². The Kier molecular flexibility index (Phi) is 6.45. The molecular formula is C19H19Cl3N2.